The number of rotatable bonds is 2. The van der Waals surface area contributed by atoms with Gasteiger partial charge in [0, 0.05) is 13.2 Å². The van der Waals surface area contributed by atoms with Gasteiger partial charge in [0.2, 0.25) is 5.78 Å². The molecule has 2 aromatic rings. The van der Waals surface area contributed by atoms with Crippen LogP contribution in [0.25, 0.3) is 0 Å². The number of aromatic nitrogens is 1. The first-order valence-electron chi connectivity index (χ1n) is 4.10. The smallest absolute Gasteiger partial charge is 0.219 e. The standard InChI is InChI=1S/C10H8ClNOS/c1-12-6-2-3-7(12)10(13)8-4-5-9(11)14-8/h2-6H,1H3. The molecule has 0 unspecified atom stereocenters. The van der Waals surface area contributed by atoms with Crippen molar-refractivity contribution in [1.82, 2.24) is 4.57 Å². The lowest BCUT2D eigenvalue weighted by Crippen LogP contribution is -2.04. The predicted molar refractivity (Wildman–Crippen MR) is 58.2 cm³/mol. The molecular weight excluding hydrogens is 218 g/mol. The summed E-state index contributed by atoms with van der Waals surface area (Å²) in [6.45, 7) is 0. The Hall–Kier alpha value is -1.06. The summed E-state index contributed by atoms with van der Waals surface area (Å²) in [5.74, 6) is 0.0226. The molecular formula is C10H8ClNOS. The van der Waals surface area contributed by atoms with Gasteiger partial charge in [-0.15, -0.1) is 11.3 Å². The Bertz CT molecular complexity index is 472. The molecule has 0 aromatic carbocycles. The molecule has 0 aliphatic rings. The van der Waals surface area contributed by atoms with Gasteiger partial charge in [-0.3, -0.25) is 4.79 Å². The average molecular weight is 226 g/mol. The Kier molecular flexibility index (Phi) is 2.44. The summed E-state index contributed by atoms with van der Waals surface area (Å²) < 4.78 is 2.44. The average Bonchev–Trinajstić information content (AvgIpc) is 2.73. The zero-order valence-electron chi connectivity index (χ0n) is 7.53. The third-order valence-corrected chi connectivity index (χ3v) is 3.20. The Labute approximate surface area is 90.7 Å². The zero-order valence-corrected chi connectivity index (χ0v) is 9.10. The van der Waals surface area contributed by atoms with Gasteiger partial charge in [-0.05, 0) is 24.3 Å². The molecule has 0 fully saturated rings. The Morgan fingerprint density at radius 2 is 2.21 bits per heavy atom. The molecule has 4 heteroatoms. The molecule has 0 radical (unpaired) electrons. The Morgan fingerprint density at radius 3 is 2.71 bits per heavy atom. The van der Waals surface area contributed by atoms with Crippen molar-refractivity contribution in [2.45, 2.75) is 0 Å². The van der Waals surface area contributed by atoms with E-state index in [1.54, 1.807) is 22.8 Å². The van der Waals surface area contributed by atoms with Gasteiger partial charge in [-0.1, -0.05) is 11.6 Å². The first-order valence-corrected chi connectivity index (χ1v) is 5.29. The minimum atomic E-state index is 0.0226. The van der Waals surface area contributed by atoms with Crippen molar-refractivity contribution >= 4 is 28.7 Å². The monoisotopic (exact) mass is 225 g/mol. The molecule has 0 atom stereocenters. The molecule has 72 valence electrons. The normalized spacial score (nSPS) is 10.4. The van der Waals surface area contributed by atoms with Crippen molar-refractivity contribution in [3.05, 3.63) is 45.4 Å². The summed E-state index contributed by atoms with van der Waals surface area (Å²) in [6.07, 6.45) is 1.85. The van der Waals surface area contributed by atoms with E-state index >= 15 is 0 Å². The maximum atomic E-state index is 11.9. The minimum Gasteiger partial charge on any atom is -0.348 e. The van der Waals surface area contributed by atoms with Gasteiger partial charge in [0.25, 0.3) is 0 Å². The number of halogens is 1. The highest BCUT2D eigenvalue weighted by Gasteiger charge is 2.13. The molecule has 0 aliphatic heterocycles. The quantitative estimate of drug-likeness (QED) is 0.721. The van der Waals surface area contributed by atoms with E-state index in [1.807, 2.05) is 19.3 Å². The van der Waals surface area contributed by atoms with Crippen LogP contribution in [0.4, 0.5) is 0 Å². The maximum Gasteiger partial charge on any atom is 0.219 e. The van der Waals surface area contributed by atoms with Crippen molar-refractivity contribution in [3.8, 4) is 0 Å². The second kappa shape index (κ2) is 3.59. The number of hydrogen-bond donors (Lipinski definition) is 0. The van der Waals surface area contributed by atoms with Crippen LogP contribution in [0.15, 0.2) is 30.5 Å². The number of nitrogens with zero attached hydrogens (tertiary/aromatic N) is 1. The third kappa shape index (κ3) is 1.61. The summed E-state index contributed by atoms with van der Waals surface area (Å²) in [6, 6.07) is 7.14. The van der Waals surface area contributed by atoms with Crippen LogP contribution in [0.2, 0.25) is 4.34 Å². The van der Waals surface area contributed by atoms with Crippen molar-refractivity contribution in [3.63, 3.8) is 0 Å². The van der Waals surface area contributed by atoms with Crippen LogP contribution < -0.4 is 0 Å². The molecule has 0 saturated heterocycles. The fourth-order valence-corrected chi connectivity index (χ4v) is 2.25. The van der Waals surface area contributed by atoms with Crippen molar-refractivity contribution in [2.24, 2.45) is 7.05 Å². The number of carbonyl (C=O) groups excluding carboxylic acids is 1. The van der Waals surface area contributed by atoms with Crippen LogP contribution in [0.3, 0.4) is 0 Å². The Balaban J connectivity index is 2.38. The van der Waals surface area contributed by atoms with Crippen LogP contribution in [0, 0.1) is 0 Å². The highest BCUT2D eigenvalue weighted by atomic mass is 35.5. The zero-order chi connectivity index (χ0) is 10.1. The van der Waals surface area contributed by atoms with Crippen LogP contribution in [-0.2, 0) is 7.05 Å². The highest BCUT2D eigenvalue weighted by molar-refractivity contribution is 7.18. The fraction of sp³-hybridized carbons (Fsp3) is 0.100. The van der Waals surface area contributed by atoms with Crippen LogP contribution in [0.5, 0.6) is 0 Å². The maximum absolute atomic E-state index is 11.9. The molecule has 2 nitrogen and oxygen atoms in total. The molecule has 2 aromatic heterocycles. The summed E-state index contributed by atoms with van der Waals surface area (Å²) in [5.41, 5.74) is 0.684. The topological polar surface area (TPSA) is 22.0 Å². The van der Waals surface area contributed by atoms with Crippen LogP contribution in [0.1, 0.15) is 15.4 Å². The van der Waals surface area contributed by atoms with E-state index in [-0.39, 0.29) is 5.78 Å². The summed E-state index contributed by atoms with van der Waals surface area (Å²) in [4.78, 5) is 12.6. The van der Waals surface area contributed by atoms with Gasteiger partial charge in [-0.25, -0.2) is 0 Å². The van der Waals surface area contributed by atoms with Crippen LogP contribution >= 0.6 is 22.9 Å². The van der Waals surface area contributed by atoms with Gasteiger partial charge >= 0.3 is 0 Å². The second-order valence-electron chi connectivity index (χ2n) is 2.94. The van der Waals surface area contributed by atoms with Crippen LogP contribution in [-0.4, -0.2) is 10.4 Å². The van der Waals surface area contributed by atoms with Gasteiger partial charge in [-0.2, -0.15) is 0 Å². The summed E-state index contributed by atoms with van der Waals surface area (Å²) >= 11 is 7.07. The second-order valence-corrected chi connectivity index (χ2v) is 4.65. The SMILES string of the molecule is Cn1cccc1C(=O)c1ccc(Cl)s1. The van der Waals surface area contributed by atoms with E-state index < -0.39 is 0 Å². The molecule has 0 bridgehead atoms. The van der Waals surface area contributed by atoms with Crippen molar-refractivity contribution in [1.29, 1.82) is 0 Å². The third-order valence-electron chi connectivity index (χ3n) is 1.97. The fourth-order valence-electron chi connectivity index (χ4n) is 1.26. The highest BCUT2D eigenvalue weighted by Crippen LogP contribution is 2.23. The van der Waals surface area contributed by atoms with Gasteiger partial charge in [0.15, 0.2) is 0 Å². The first-order chi connectivity index (χ1) is 6.68. The molecule has 0 saturated carbocycles. The molecule has 2 heterocycles. The minimum absolute atomic E-state index is 0.0226. The number of thiophene rings is 1. The first kappa shape index (κ1) is 9.49. The molecule has 0 amide bonds. The largest absolute Gasteiger partial charge is 0.348 e. The number of aryl methyl sites for hydroxylation is 1. The van der Waals surface area contributed by atoms with E-state index in [9.17, 15) is 4.79 Å². The van der Waals surface area contributed by atoms with E-state index in [2.05, 4.69) is 0 Å². The van der Waals surface area contributed by atoms with E-state index in [0.29, 0.717) is 14.9 Å². The van der Waals surface area contributed by atoms with E-state index in [1.165, 1.54) is 11.3 Å². The summed E-state index contributed by atoms with van der Waals surface area (Å²) in [7, 11) is 1.85. The van der Waals surface area contributed by atoms with E-state index in [4.69, 9.17) is 11.6 Å². The number of hydrogen-bond acceptors (Lipinski definition) is 2. The predicted octanol–water partition coefficient (Wildman–Crippen LogP) is 2.97. The van der Waals surface area contributed by atoms with Gasteiger partial charge < -0.3 is 4.57 Å². The lowest BCUT2D eigenvalue weighted by Gasteiger charge is -1.98. The lowest BCUT2D eigenvalue weighted by molar-refractivity contribution is 0.103. The molecule has 0 N–H and O–H groups in total. The summed E-state index contributed by atoms with van der Waals surface area (Å²) in [5, 5.41) is 0. The lowest BCUT2D eigenvalue weighted by atomic mass is 10.2. The number of carbonyl (C=O) groups is 1. The number of ketones is 1. The molecule has 0 spiro atoms. The molecule has 0 aliphatic carbocycles. The Morgan fingerprint density at radius 1 is 1.43 bits per heavy atom. The van der Waals surface area contributed by atoms with Gasteiger partial charge in [0.1, 0.15) is 0 Å². The van der Waals surface area contributed by atoms with Crippen molar-refractivity contribution in [2.75, 3.05) is 0 Å². The molecule has 2 rings (SSSR count). The van der Waals surface area contributed by atoms with Crippen molar-refractivity contribution < 1.29 is 4.79 Å². The van der Waals surface area contributed by atoms with E-state index in [0.717, 1.165) is 0 Å². The molecule has 14 heavy (non-hydrogen) atoms. The van der Waals surface area contributed by atoms with Gasteiger partial charge in [0.05, 0.1) is 14.9 Å².